The van der Waals surface area contributed by atoms with E-state index in [1.165, 1.54) is 24.3 Å². The lowest BCUT2D eigenvalue weighted by atomic mass is 10.0. The molecule has 6 heteroatoms. The van der Waals surface area contributed by atoms with Crippen LogP contribution in [-0.2, 0) is 9.53 Å². The van der Waals surface area contributed by atoms with Crippen LogP contribution < -0.4 is 0 Å². The van der Waals surface area contributed by atoms with Gasteiger partial charge in [0.15, 0.2) is 5.69 Å². The SMILES string of the molecule is COC(=O)[C@H]1CCCCN1C(=O)c1ncccc1O. The maximum Gasteiger partial charge on any atom is 0.328 e. The molecule has 0 bridgehead atoms. The number of carbonyl (C=O) groups excluding carboxylic acids is 2. The molecule has 1 aliphatic rings. The van der Waals surface area contributed by atoms with E-state index in [1.807, 2.05) is 0 Å². The Morgan fingerprint density at radius 3 is 2.95 bits per heavy atom. The summed E-state index contributed by atoms with van der Waals surface area (Å²) in [5, 5.41) is 9.67. The van der Waals surface area contributed by atoms with Crippen LogP contribution in [0.5, 0.6) is 5.75 Å². The highest BCUT2D eigenvalue weighted by molar-refractivity contribution is 5.97. The van der Waals surface area contributed by atoms with Gasteiger partial charge in [0.05, 0.1) is 7.11 Å². The van der Waals surface area contributed by atoms with Gasteiger partial charge in [-0.05, 0) is 31.4 Å². The number of ether oxygens (including phenoxy) is 1. The molecular formula is C13H16N2O4. The second-order valence-corrected chi connectivity index (χ2v) is 4.40. The van der Waals surface area contributed by atoms with Crippen LogP contribution >= 0.6 is 0 Å². The molecule has 6 nitrogen and oxygen atoms in total. The van der Waals surface area contributed by atoms with Crippen molar-refractivity contribution in [1.29, 1.82) is 0 Å². The molecule has 0 radical (unpaired) electrons. The van der Waals surface area contributed by atoms with E-state index in [9.17, 15) is 14.7 Å². The van der Waals surface area contributed by atoms with Crippen molar-refractivity contribution in [2.45, 2.75) is 25.3 Å². The van der Waals surface area contributed by atoms with Crippen LogP contribution in [0.2, 0.25) is 0 Å². The van der Waals surface area contributed by atoms with Gasteiger partial charge >= 0.3 is 5.97 Å². The minimum atomic E-state index is -0.590. The fourth-order valence-electron chi connectivity index (χ4n) is 2.25. The van der Waals surface area contributed by atoms with Gasteiger partial charge in [-0.2, -0.15) is 0 Å². The first-order valence-corrected chi connectivity index (χ1v) is 6.18. The van der Waals surface area contributed by atoms with Crippen LogP contribution in [0.25, 0.3) is 0 Å². The number of aromatic hydroxyl groups is 1. The molecule has 1 N–H and O–H groups in total. The summed E-state index contributed by atoms with van der Waals surface area (Å²) in [5.74, 6) is -1.04. The third-order valence-electron chi connectivity index (χ3n) is 3.23. The summed E-state index contributed by atoms with van der Waals surface area (Å²) in [6.45, 7) is 0.467. The van der Waals surface area contributed by atoms with Crippen LogP contribution in [0.4, 0.5) is 0 Å². The first-order valence-electron chi connectivity index (χ1n) is 6.18. The first-order chi connectivity index (χ1) is 9.15. The van der Waals surface area contributed by atoms with E-state index in [4.69, 9.17) is 4.74 Å². The molecule has 102 valence electrons. The molecule has 1 fully saturated rings. The maximum absolute atomic E-state index is 12.3. The fourth-order valence-corrected chi connectivity index (χ4v) is 2.25. The summed E-state index contributed by atoms with van der Waals surface area (Å²) >= 11 is 0. The van der Waals surface area contributed by atoms with Crippen molar-refractivity contribution >= 4 is 11.9 Å². The van der Waals surface area contributed by atoms with E-state index in [0.717, 1.165) is 12.8 Å². The first kappa shape index (κ1) is 13.3. The van der Waals surface area contributed by atoms with Gasteiger partial charge in [0.2, 0.25) is 0 Å². The Hall–Kier alpha value is -2.11. The van der Waals surface area contributed by atoms with Gasteiger partial charge in [-0.1, -0.05) is 0 Å². The molecule has 2 heterocycles. The summed E-state index contributed by atoms with van der Waals surface area (Å²) in [7, 11) is 1.30. The molecule has 0 aromatic carbocycles. The number of pyridine rings is 1. The number of piperidine rings is 1. The number of aromatic nitrogens is 1. The van der Waals surface area contributed by atoms with Crippen molar-refractivity contribution in [2.75, 3.05) is 13.7 Å². The monoisotopic (exact) mass is 264 g/mol. The Balaban J connectivity index is 2.25. The molecule has 1 amide bonds. The summed E-state index contributed by atoms with van der Waals surface area (Å²) in [4.78, 5) is 29.4. The van der Waals surface area contributed by atoms with Crippen molar-refractivity contribution in [3.8, 4) is 5.75 Å². The third-order valence-corrected chi connectivity index (χ3v) is 3.23. The highest BCUT2D eigenvalue weighted by atomic mass is 16.5. The lowest BCUT2D eigenvalue weighted by Crippen LogP contribution is -2.48. The van der Waals surface area contributed by atoms with E-state index in [1.54, 1.807) is 6.07 Å². The largest absolute Gasteiger partial charge is 0.505 e. The van der Waals surface area contributed by atoms with Gasteiger partial charge in [0.25, 0.3) is 5.91 Å². The number of nitrogens with zero attached hydrogens (tertiary/aromatic N) is 2. The Bertz CT molecular complexity index is 489. The van der Waals surface area contributed by atoms with Gasteiger partial charge < -0.3 is 14.7 Å². The maximum atomic E-state index is 12.3. The minimum Gasteiger partial charge on any atom is -0.505 e. The zero-order valence-electron chi connectivity index (χ0n) is 10.7. The van der Waals surface area contributed by atoms with Gasteiger partial charge in [-0.15, -0.1) is 0 Å². The molecule has 1 saturated heterocycles. The summed E-state index contributed by atoms with van der Waals surface area (Å²) in [6, 6.07) is 2.35. The second-order valence-electron chi connectivity index (χ2n) is 4.40. The Morgan fingerprint density at radius 1 is 1.47 bits per heavy atom. The van der Waals surface area contributed by atoms with Crippen molar-refractivity contribution in [1.82, 2.24) is 9.88 Å². The summed E-state index contributed by atoms with van der Waals surface area (Å²) in [5.41, 5.74) is -0.0293. The van der Waals surface area contributed by atoms with E-state index < -0.39 is 17.9 Å². The lowest BCUT2D eigenvalue weighted by Gasteiger charge is -2.33. The Morgan fingerprint density at radius 2 is 2.26 bits per heavy atom. The highest BCUT2D eigenvalue weighted by Gasteiger charge is 2.34. The molecule has 0 spiro atoms. The molecular weight excluding hydrogens is 248 g/mol. The standard InChI is InChI=1S/C13H16N2O4/c1-19-13(18)9-5-2-3-8-15(9)12(17)11-10(16)6-4-7-14-11/h4,6-7,9,16H,2-3,5,8H2,1H3/t9-/m1/s1. The lowest BCUT2D eigenvalue weighted by molar-refractivity contribution is -0.147. The number of amides is 1. The van der Waals surface area contributed by atoms with E-state index in [0.29, 0.717) is 13.0 Å². The van der Waals surface area contributed by atoms with Gasteiger partial charge in [0, 0.05) is 12.7 Å². The average molecular weight is 264 g/mol. The van der Waals surface area contributed by atoms with Crippen molar-refractivity contribution in [2.24, 2.45) is 0 Å². The van der Waals surface area contributed by atoms with Gasteiger partial charge in [0.1, 0.15) is 11.8 Å². The van der Waals surface area contributed by atoms with Crippen LogP contribution in [0.1, 0.15) is 29.8 Å². The number of carbonyl (C=O) groups is 2. The summed E-state index contributed by atoms with van der Waals surface area (Å²) in [6.07, 6.45) is 3.71. The van der Waals surface area contributed by atoms with Crippen molar-refractivity contribution in [3.63, 3.8) is 0 Å². The van der Waals surface area contributed by atoms with Crippen molar-refractivity contribution in [3.05, 3.63) is 24.0 Å². The molecule has 0 aliphatic carbocycles. The molecule has 1 atom stereocenters. The van der Waals surface area contributed by atoms with Gasteiger partial charge in [-0.3, -0.25) is 4.79 Å². The topological polar surface area (TPSA) is 79.7 Å². The quantitative estimate of drug-likeness (QED) is 0.805. The van der Waals surface area contributed by atoms with E-state index in [2.05, 4.69) is 4.98 Å². The molecule has 2 rings (SSSR count). The number of esters is 1. The molecule has 0 unspecified atom stereocenters. The zero-order chi connectivity index (χ0) is 13.8. The zero-order valence-corrected chi connectivity index (χ0v) is 10.7. The number of hydrogen-bond acceptors (Lipinski definition) is 5. The van der Waals surface area contributed by atoms with Gasteiger partial charge in [-0.25, -0.2) is 9.78 Å². The second kappa shape index (κ2) is 5.69. The van der Waals surface area contributed by atoms with Crippen LogP contribution in [0.15, 0.2) is 18.3 Å². The van der Waals surface area contributed by atoms with Crippen LogP contribution in [0, 0.1) is 0 Å². The predicted molar refractivity (Wildman–Crippen MR) is 66.6 cm³/mol. The van der Waals surface area contributed by atoms with Crippen LogP contribution in [-0.4, -0.2) is 46.6 Å². The van der Waals surface area contributed by atoms with Crippen molar-refractivity contribution < 1.29 is 19.4 Å². The smallest absolute Gasteiger partial charge is 0.328 e. The number of methoxy groups -OCH3 is 1. The predicted octanol–water partition coefficient (Wildman–Crippen LogP) is 0.955. The van der Waals surface area contributed by atoms with E-state index in [-0.39, 0.29) is 11.4 Å². The number of rotatable bonds is 2. The Kier molecular flexibility index (Phi) is 3.99. The van der Waals surface area contributed by atoms with Crippen LogP contribution in [0.3, 0.4) is 0 Å². The normalized spacial score (nSPS) is 19.0. The molecule has 0 saturated carbocycles. The Labute approximate surface area is 111 Å². The highest BCUT2D eigenvalue weighted by Crippen LogP contribution is 2.23. The average Bonchev–Trinajstić information content (AvgIpc) is 2.46. The number of hydrogen-bond donors (Lipinski definition) is 1. The molecule has 1 aromatic rings. The fraction of sp³-hybridized carbons (Fsp3) is 0.462. The molecule has 1 aliphatic heterocycles. The summed E-state index contributed by atoms with van der Waals surface area (Å²) < 4.78 is 4.72. The minimum absolute atomic E-state index is 0.0293. The molecule has 1 aromatic heterocycles. The molecule has 19 heavy (non-hydrogen) atoms. The van der Waals surface area contributed by atoms with E-state index >= 15 is 0 Å². The third kappa shape index (κ3) is 2.67. The number of likely N-dealkylation sites (tertiary alicyclic amines) is 1.